The fourth-order valence-corrected chi connectivity index (χ4v) is 2.10. The van der Waals surface area contributed by atoms with Crippen molar-refractivity contribution in [2.45, 2.75) is 19.4 Å². The molecular weight excluding hydrogens is 269 g/mol. The number of carbonyl (C=O) groups is 1. The average Bonchev–Trinajstić information content (AvgIpc) is 2.53. The molecule has 0 saturated heterocycles. The number of hydrogen-bond donors (Lipinski definition) is 1. The quantitative estimate of drug-likeness (QED) is 0.910. The van der Waals surface area contributed by atoms with Crippen molar-refractivity contribution in [3.63, 3.8) is 0 Å². The minimum atomic E-state index is -0.353. The van der Waals surface area contributed by atoms with Crippen LogP contribution in [0.2, 0.25) is 0 Å². The molecule has 0 aliphatic rings. The first-order chi connectivity index (χ1) is 10.1. The van der Waals surface area contributed by atoms with Crippen LogP contribution in [0.15, 0.2) is 48.5 Å². The molecule has 2 aromatic carbocycles. The molecule has 1 atom stereocenters. The Balaban J connectivity index is 2.10. The summed E-state index contributed by atoms with van der Waals surface area (Å²) in [6.07, 6.45) is 0.763. The van der Waals surface area contributed by atoms with E-state index in [-0.39, 0.29) is 17.8 Å². The van der Waals surface area contributed by atoms with Gasteiger partial charge in [0.25, 0.3) is 5.91 Å². The van der Waals surface area contributed by atoms with E-state index in [9.17, 15) is 9.18 Å². The van der Waals surface area contributed by atoms with Gasteiger partial charge in [0.1, 0.15) is 11.6 Å². The largest absolute Gasteiger partial charge is 0.497 e. The van der Waals surface area contributed by atoms with E-state index in [1.54, 1.807) is 7.11 Å². The van der Waals surface area contributed by atoms with Crippen LogP contribution < -0.4 is 10.1 Å². The number of methoxy groups -OCH3 is 1. The van der Waals surface area contributed by atoms with Crippen molar-refractivity contribution in [1.82, 2.24) is 5.32 Å². The number of nitrogens with one attached hydrogen (secondary N) is 1. The summed E-state index contributed by atoms with van der Waals surface area (Å²) in [6.45, 7) is 2.00. The molecule has 1 N–H and O–H groups in total. The third kappa shape index (κ3) is 3.81. The zero-order valence-electron chi connectivity index (χ0n) is 12.1. The summed E-state index contributed by atoms with van der Waals surface area (Å²) in [7, 11) is 1.61. The molecular formula is C17H18FNO2. The number of amides is 1. The molecule has 2 aromatic rings. The molecule has 4 heteroatoms. The van der Waals surface area contributed by atoms with Crippen LogP contribution in [0.5, 0.6) is 5.75 Å². The van der Waals surface area contributed by atoms with Crippen LogP contribution in [0, 0.1) is 5.82 Å². The zero-order chi connectivity index (χ0) is 15.2. The molecule has 0 aliphatic heterocycles. The number of carbonyl (C=O) groups excluding carboxylic acids is 1. The Morgan fingerprint density at radius 2 is 1.76 bits per heavy atom. The number of ether oxygens (including phenoxy) is 1. The van der Waals surface area contributed by atoms with Crippen molar-refractivity contribution in [1.29, 1.82) is 0 Å². The van der Waals surface area contributed by atoms with Crippen molar-refractivity contribution in [2.24, 2.45) is 0 Å². The SMILES string of the molecule is CC[C@@H](NC(=O)c1ccc(F)cc1)c1ccc(OC)cc1. The summed E-state index contributed by atoms with van der Waals surface area (Å²) in [5.74, 6) is 0.213. The van der Waals surface area contributed by atoms with Crippen molar-refractivity contribution in [3.8, 4) is 5.75 Å². The highest BCUT2D eigenvalue weighted by atomic mass is 19.1. The van der Waals surface area contributed by atoms with E-state index in [4.69, 9.17) is 4.74 Å². The lowest BCUT2D eigenvalue weighted by Crippen LogP contribution is -2.28. The van der Waals surface area contributed by atoms with E-state index in [1.165, 1.54) is 24.3 Å². The molecule has 110 valence electrons. The highest BCUT2D eigenvalue weighted by Gasteiger charge is 2.14. The lowest BCUT2D eigenvalue weighted by atomic mass is 10.0. The lowest BCUT2D eigenvalue weighted by Gasteiger charge is -2.18. The molecule has 0 fully saturated rings. The second kappa shape index (κ2) is 6.88. The van der Waals surface area contributed by atoms with Gasteiger partial charge in [-0.2, -0.15) is 0 Å². The second-order valence-corrected chi connectivity index (χ2v) is 4.71. The fourth-order valence-electron chi connectivity index (χ4n) is 2.10. The van der Waals surface area contributed by atoms with E-state index in [1.807, 2.05) is 31.2 Å². The van der Waals surface area contributed by atoms with Crippen LogP contribution in [-0.4, -0.2) is 13.0 Å². The van der Waals surface area contributed by atoms with E-state index in [0.717, 1.165) is 17.7 Å². The summed E-state index contributed by atoms with van der Waals surface area (Å²) in [5, 5.41) is 2.95. The molecule has 0 unspecified atom stereocenters. The van der Waals surface area contributed by atoms with E-state index < -0.39 is 0 Å². The van der Waals surface area contributed by atoms with Crippen LogP contribution in [0.1, 0.15) is 35.3 Å². The molecule has 2 rings (SSSR count). The number of benzene rings is 2. The summed E-state index contributed by atoms with van der Waals surface area (Å²) in [6, 6.07) is 13.0. The zero-order valence-corrected chi connectivity index (χ0v) is 12.1. The first-order valence-electron chi connectivity index (χ1n) is 6.84. The van der Waals surface area contributed by atoms with E-state index in [0.29, 0.717) is 5.56 Å². The summed E-state index contributed by atoms with van der Waals surface area (Å²) >= 11 is 0. The molecule has 21 heavy (non-hydrogen) atoms. The molecule has 0 spiro atoms. The molecule has 0 radical (unpaired) electrons. The molecule has 0 aromatic heterocycles. The van der Waals surface area contributed by atoms with Gasteiger partial charge in [-0.1, -0.05) is 19.1 Å². The average molecular weight is 287 g/mol. The summed E-state index contributed by atoms with van der Waals surface area (Å²) in [4.78, 5) is 12.2. The smallest absolute Gasteiger partial charge is 0.251 e. The molecule has 3 nitrogen and oxygen atoms in total. The summed E-state index contributed by atoms with van der Waals surface area (Å²) < 4.78 is 18.0. The van der Waals surface area contributed by atoms with Crippen LogP contribution in [0.25, 0.3) is 0 Å². The maximum Gasteiger partial charge on any atom is 0.251 e. The van der Waals surface area contributed by atoms with Crippen LogP contribution in [-0.2, 0) is 0 Å². The van der Waals surface area contributed by atoms with Crippen LogP contribution in [0.3, 0.4) is 0 Å². The van der Waals surface area contributed by atoms with Gasteiger partial charge in [0.05, 0.1) is 13.2 Å². The van der Waals surface area contributed by atoms with E-state index in [2.05, 4.69) is 5.32 Å². The fraction of sp³-hybridized carbons (Fsp3) is 0.235. The first-order valence-corrected chi connectivity index (χ1v) is 6.84. The number of hydrogen-bond acceptors (Lipinski definition) is 2. The molecule has 1 amide bonds. The number of rotatable bonds is 5. The lowest BCUT2D eigenvalue weighted by molar-refractivity contribution is 0.0935. The highest BCUT2D eigenvalue weighted by molar-refractivity contribution is 5.94. The Morgan fingerprint density at radius 3 is 2.29 bits per heavy atom. The van der Waals surface area contributed by atoms with Crippen molar-refractivity contribution >= 4 is 5.91 Å². The minimum absolute atomic E-state index is 0.0894. The third-order valence-corrected chi connectivity index (χ3v) is 3.34. The maximum atomic E-state index is 12.9. The Morgan fingerprint density at radius 1 is 1.14 bits per heavy atom. The van der Waals surface area contributed by atoms with Gasteiger partial charge >= 0.3 is 0 Å². The van der Waals surface area contributed by atoms with Crippen LogP contribution >= 0.6 is 0 Å². The summed E-state index contributed by atoms with van der Waals surface area (Å²) in [5.41, 5.74) is 1.46. The molecule has 0 bridgehead atoms. The van der Waals surface area contributed by atoms with Gasteiger partial charge in [0.2, 0.25) is 0 Å². The van der Waals surface area contributed by atoms with Gasteiger partial charge < -0.3 is 10.1 Å². The first kappa shape index (κ1) is 15.0. The third-order valence-electron chi connectivity index (χ3n) is 3.34. The molecule has 0 saturated carbocycles. The predicted molar refractivity (Wildman–Crippen MR) is 79.9 cm³/mol. The van der Waals surface area contributed by atoms with E-state index >= 15 is 0 Å². The van der Waals surface area contributed by atoms with Crippen molar-refractivity contribution < 1.29 is 13.9 Å². The molecule has 0 aliphatic carbocycles. The highest BCUT2D eigenvalue weighted by Crippen LogP contribution is 2.20. The minimum Gasteiger partial charge on any atom is -0.497 e. The van der Waals surface area contributed by atoms with Crippen molar-refractivity contribution in [3.05, 3.63) is 65.5 Å². The van der Waals surface area contributed by atoms with Crippen molar-refractivity contribution in [2.75, 3.05) is 7.11 Å². The normalized spacial score (nSPS) is 11.8. The Kier molecular flexibility index (Phi) is 4.93. The maximum absolute atomic E-state index is 12.9. The van der Waals surface area contributed by atoms with Gasteiger partial charge in [0, 0.05) is 5.56 Å². The van der Waals surface area contributed by atoms with Crippen LogP contribution in [0.4, 0.5) is 4.39 Å². The van der Waals surface area contributed by atoms with Gasteiger partial charge in [-0.15, -0.1) is 0 Å². The van der Waals surface area contributed by atoms with Gasteiger partial charge in [0.15, 0.2) is 0 Å². The van der Waals surface area contributed by atoms with Gasteiger partial charge in [-0.25, -0.2) is 4.39 Å². The molecule has 0 heterocycles. The predicted octanol–water partition coefficient (Wildman–Crippen LogP) is 3.72. The Bertz CT molecular complexity index is 593. The number of halogens is 1. The topological polar surface area (TPSA) is 38.3 Å². The Labute approximate surface area is 123 Å². The van der Waals surface area contributed by atoms with Gasteiger partial charge in [-0.3, -0.25) is 4.79 Å². The standard InChI is InChI=1S/C17H18FNO2/c1-3-16(12-6-10-15(21-2)11-7-12)19-17(20)13-4-8-14(18)9-5-13/h4-11,16H,3H2,1-2H3,(H,19,20)/t16-/m1/s1. The second-order valence-electron chi connectivity index (χ2n) is 4.71. The van der Waals surface area contributed by atoms with Gasteiger partial charge in [-0.05, 0) is 48.4 Å². The monoisotopic (exact) mass is 287 g/mol. The Hall–Kier alpha value is -2.36.